The minimum atomic E-state index is -0.425. The summed E-state index contributed by atoms with van der Waals surface area (Å²) in [6, 6.07) is 0. The van der Waals surface area contributed by atoms with E-state index >= 15 is 0 Å². The molecule has 3 N–H and O–H groups in total. The van der Waals surface area contributed by atoms with Crippen LogP contribution in [0.25, 0.3) is 0 Å². The molecule has 0 bridgehead atoms. The predicted molar refractivity (Wildman–Crippen MR) is 66.0 cm³/mol. The zero-order valence-corrected chi connectivity index (χ0v) is 10.7. The molecule has 98 valence electrons. The maximum Gasteiger partial charge on any atom is 0.262 e. The third kappa shape index (κ3) is 2.99. The van der Waals surface area contributed by atoms with E-state index in [-0.39, 0.29) is 12.0 Å². The van der Waals surface area contributed by atoms with Crippen LogP contribution in [0.2, 0.25) is 0 Å². The predicted octanol–water partition coefficient (Wildman–Crippen LogP) is 1.74. The SMILES string of the molecule is CC(OC1CCCC2CCCCC21)C(=O)NN. The van der Waals surface area contributed by atoms with Crippen LogP contribution >= 0.6 is 0 Å². The van der Waals surface area contributed by atoms with Crippen LogP contribution in [0.1, 0.15) is 51.9 Å². The average molecular weight is 240 g/mol. The van der Waals surface area contributed by atoms with Crippen LogP contribution in [-0.4, -0.2) is 18.1 Å². The van der Waals surface area contributed by atoms with Crippen molar-refractivity contribution in [2.24, 2.45) is 17.7 Å². The van der Waals surface area contributed by atoms with Crippen molar-refractivity contribution >= 4 is 5.91 Å². The molecule has 0 aromatic rings. The Morgan fingerprint density at radius 3 is 2.71 bits per heavy atom. The number of amides is 1. The second kappa shape index (κ2) is 5.83. The number of hydrogen-bond acceptors (Lipinski definition) is 3. The highest BCUT2D eigenvalue weighted by Crippen LogP contribution is 2.42. The lowest BCUT2D eigenvalue weighted by Crippen LogP contribution is -2.44. The molecule has 2 aliphatic carbocycles. The molecular weight excluding hydrogens is 216 g/mol. The highest BCUT2D eigenvalue weighted by Gasteiger charge is 2.36. The first-order chi connectivity index (χ1) is 8.22. The zero-order valence-electron chi connectivity index (χ0n) is 10.7. The Bertz CT molecular complexity index is 268. The minimum absolute atomic E-state index is 0.220. The Hall–Kier alpha value is -0.610. The maximum absolute atomic E-state index is 11.4. The molecular formula is C13H24N2O2. The van der Waals surface area contributed by atoms with Gasteiger partial charge in [0.1, 0.15) is 6.10 Å². The van der Waals surface area contributed by atoms with Gasteiger partial charge in [-0.15, -0.1) is 0 Å². The second-order valence-electron chi connectivity index (χ2n) is 5.46. The molecule has 4 heteroatoms. The number of fused-ring (bicyclic) bond motifs is 1. The van der Waals surface area contributed by atoms with Crippen molar-refractivity contribution in [3.63, 3.8) is 0 Å². The van der Waals surface area contributed by atoms with Crippen molar-refractivity contribution in [3.05, 3.63) is 0 Å². The molecule has 2 rings (SSSR count). The van der Waals surface area contributed by atoms with Crippen molar-refractivity contribution in [2.45, 2.75) is 64.1 Å². The van der Waals surface area contributed by atoms with E-state index in [4.69, 9.17) is 10.6 Å². The Kier molecular flexibility index (Phi) is 4.40. The van der Waals surface area contributed by atoms with Crippen molar-refractivity contribution in [2.75, 3.05) is 0 Å². The van der Waals surface area contributed by atoms with Crippen LogP contribution in [0.3, 0.4) is 0 Å². The molecule has 4 atom stereocenters. The third-order valence-corrected chi connectivity index (χ3v) is 4.40. The molecule has 0 aromatic heterocycles. The molecule has 4 unspecified atom stereocenters. The number of nitrogens with two attached hydrogens (primary N) is 1. The standard InChI is InChI=1S/C13H24N2O2/c1-9(13(16)15-14)17-12-8-4-6-10-5-2-3-7-11(10)12/h9-12H,2-8,14H2,1H3,(H,15,16). The normalized spacial score (nSPS) is 34.8. The molecule has 0 aromatic carbocycles. The molecule has 1 amide bonds. The summed E-state index contributed by atoms with van der Waals surface area (Å²) in [5.41, 5.74) is 2.16. The van der Waals surface area contributed by atoms with E-state index < -0.39 is 6.10 Å². The topological polar surface area (TPSA) is 64.3 Å². The van der Waals surface area contributed by atoms with Crippen LogP contribution in [0.15, 0.2) is 0 Å². The lowest BCUT2D eigenvalue weighted by Gasteiger charge is -2.41. The molecule has 17 heavy (non-hydrogen) atoms. The second-order valence-corrected chi connectivity index (χ2v) is 5.46. The van der Waals surface area contributed by atoms with Crippen molar-refractivity contribution in [1.29, 1.82) is 0 Å². The summed E-state index contributed by atoms with van der Waals surface area (Å²) in [6.07, 6.45) is 8.83. The number of ether oxygens (including phenoxy) is 1. The van der Waals surface area contributed by atoms with Gasteiger partial charge in [-0.1, -0.05) is 25.7 Å². The number of nitrogens with one attached hydrogen (secondary N) is 1. The van der Waals surface area contributed by atoms with Gasteiger partial charge < -0.3 is 4.74 Å². The van der Waals surface area contributed by atoms with E-state index in [0.717, 1.165) is 12.3 Å². The van der Waals surface area contributed by atoms with E-state index in [9.17, 15) is 4.79 Å². The summed E-state index contributed by atoms with van der Waals surface area (Å²) in [5.74, 6) is 6.41. The van der Waals surface area contributed by atoms with Gasteiger partial charge in [0.2, 0.25) is 0 Å². The Morgan fingerprint density at radius 1 is 1.24 bits per heavy atom. The first-order valence-corrected chi connectivity index (χ1v) is 6.88. The Balaban J connectivity index is 1.92. The monoisotopic (exact) mass is 240 g/mol. The van der Waals surface area contributed by atoms with Gasteiger partial charge in [-0.2, -0.15) is 0 Å². The fourth-order valence-corrected chi connectivity index (χ4v) is 3.49. The molecule has 2 aliphatic rings. The van der Waals surface area contributed by atoms with Gasteiger partial charge in [0.15, 0.2) is 0 Å². The van der Waals surface area contributed by atoms with Crippen molar-refractivity contribution in [3.8, 4) is 0 Å². The smallest absolute Gasteiger partial charge is 0.262 e. The third-order valence-electron chi connectivity index (χ3n) is 4.40. The van der Waals surface area contributed by atoms with Gasteiger partial charge in [-0.3, -0.25) is 10.2 Å². The van der Waals surface area contributed by atoms with Gasteiger partial charge in [-0.05, 0) is 38.0 Å². The average Bonchev–Trinajstić information content (AvgIpc) is 2.38. The van der Waals surface area contributed by atoms with Crippen LogP contribution in [0.4, 0.5) is 0 Å². The largest absolute Gasteiger partial charge is 0.365 e. The number of carbonyl (C=O) groups is 1. The van der Waals surface area contributed by atoms with Gasteiger partial charge in [0.05, 0.1) is 6.10 Å². The van der Waals surface area contributed by atoms with Crippen molar-refractivity contribution < 1.29 is 9.53 Å². The van der Waals surface area contributed by atoms with Crippen LogP contribution < -0.4 is 11.3 Å². The van der Waals surface area contributed by atoms with Crippen LogP contribution in [-0.2, 0) is 9.53 Å². The first kappa shape index (κ1) is 12.8. The van der Waals surface area contributed by atoms with Gasteiger partial charge in [0.25, 0.3) is 5.91 Å². The molecule has 0 saturated heterocycles. The summed E-state index contributed by atoms with van der Waals surface area (Å²) >= 11 is 0. The molecule has 0 radical (unpaired) electrons. The molecule has 2 saturated carbocycles. The molecule has 4 nitrogen and oxygen atoms in total. The highest BCUT2D eigenvalue weighted by molar-refractivity contribution is 5.79. The minimum Gasteiger partial charge on any atom is -0.365 e. The molecule has 0 heterocycles. The molecule has 2 fully saturated rings. The van der Waals surface area contributed by atoms with E-state index in [1.807, 2.05) is 0 Å². The number of hydrazine groups is 1. The van der Waals surface area contributed by atoms with E-state index in [0.29, 0.717) is 5.92 Å². The van der Waals surface area contributed by atoms with Crippen LogP contribution in [0.5, 0.6) is 0 Å². The lowest BCUT2D eigenvalue weighted by atomic mass is 9.69. The Morgan fingerprint density at radius 2 is 1.94 bits per heavy atom. The maximum atomic E-state index is 11.4. The molecule has 0 aliphatic heterocycles. The summed E-state index contributed by atoms with van der Waals surface area (Å²) in [7, 11) is 0. The first-order valence-electron chi connectivity index (χ1n) is 6.88. The van der Waals surface area contributed by atoms with Gasteiger partial charge in [0, 0.05) is 0 Å². The lowest BCUT2D eigenvalue weighted by molar-refractivity contribution is -0.142. The quantitative estimate of drug-likeness (QED) is 0.448. The van der Waals surface area contributed by atoms with Crippen molar-refractivity contribution in [1.82, 2.24) is 5.43 Å². The Labute approximate surface area is 103 Å². The zero-order chi connectivity index (χ0) is 12.3. The number of hydrogen-bond donors (Lipinski definition) is 2. The van der Waals surface area contributed by atoms with E-state index in [2.05, 4.69) is 5.43 Å². The van der Waals surface area contributed by atoms with E-state index in [1.165, 1.54) is 38.5 Å². The summed E-state index contributed by atoms with van der Waals surface area (Å²) in [6.45, 7) is 1.79. The van der Waals surface area contributed by atoms with Gasteiger partial charge >= 0.3 is 0 Å². The number of rotatable bonds is 3. The van der Waals surface area contributed by atoms with Gasteiger partial charge in [-0.25, -0.2) is 5.84 Å². The fourth-order valence-electron chi connectivity index (χ4n) is 3.49. The summed E-state index contributed by atoms with van der Waals surface area (Å²) < 4.78 is 5.92. The highest BCUT2D eigenvalue weighted by atomic mass is 16.5. The summed E-state index contributed by atoms with van der Waals surface area (Å²) in [4.78, 5) is 11.4. The molecule has 0 spiro atoms. The van der Waals surface area contributed by atoms with Crippen LogP contribution in [0, 0.1) is 11.8 Å². The fraction of sp³-hybridized carbons (Fsp3) is 0.923. The number of carbonyl (C=O) groups excluding carboxylic acids is 1. The summed E-state index contributed by atoms with van der Waals surface area (Å²) in [5, 5.41) is 0. The van der Waals surface area contributed by atoms with E-state index in [1.54, 1.807) is 6.92 Å².